The summed E-state index contributed by atoms with van der Waals surface area (Å²) in [5, 5.41) is 0.111. The normalized spacial score (nSPS) is 23.1. The molecule has 1 atom stereocenters. The van der Waals surface area contributed by atoms with Gasteiger partial charge >= 0.3 is 29.6 Å². The van der Waals surface area contributed by atoms with Crippen LogP contribution in [0.25, 0.3) is 0 Å². The third kappa shape index (κ3) is 2.15. The SMILES string of the molecule is O=S(O)C1CCC1.[H-].[Na+]. The number of hydrogen-bond donors (Lipinski definition) is 1. The maximum absolute atomic E-state index is 10.1. The van der Waals surface area contributed by atoms with Crippen LogP contribution in [0, 0.1) is 0 Å². The fourth-order valence-corrected chi connectivity index (χ4v) is 1.31. The average molecular weight is 144 g/mol. The molecule has 1 rings (SSSR count). The Labute approximate surface area is 75.1 Å². The van der Waals surface area contributed by atoms with Crippen LogP contribution in [0.2, 0.25) is 0 Å². The van der Waals surface area contributed by atoms with Gasteiger partial charge in [-0.2, -0.15) is 0 Å². The van der Waals surface area contributed by atoms with Gasteiger partial charge in [-0.3, -0.25) is 0 Å². The Balaban J connectivity index is 0. The van der Waals surface area contributed by atoms with Gasteiger partial charge in [-0.15, -0.1) is 0 Å². The fourth-order valence-electron chi connectivity index (χ4n) is 0.572. The Kier molecular flexibility index (Phi) is 4.57. The van der Waals surface area contributed by atoms with Crippen LogP contribution >= 0.6 is 0 Å². The van der Waals surface area contributed by atoms with Gasteiger partial charge in [0.05, 0.1) is 5.25 Å². The van der Waals surface area contributed by atoms with Crippen LogP contribution in [-0.2, 0) is 11.1 Å². The van der Waals surface area contributed by atoms with Crippen molar-refractivity contribution in [3.63, 3.8) is 0 Å². The molecule has 1 saturated carbocycles. The van der Waals surface area contributed by atoms with Gasteiger partial charge in [0.25, 0.3) is 0 Å². The zero-order valence-electron chi connectivity index (χ0n) is 5.96. The quantitative estimate of drug-likeness (QED) is 0.337. The second kappa shape index (κ2) is 4.01. The van der Waals surface area contributed by atoms with Gasteiger partial charge in [0, 0.05) is 0 Å². The molecule has 0 aromatic carbocycles. The zero-order valence-corrected chi connectivity index (χ0v) is 7.78. The molecule has 0 aromatic heterocycles. The van der Waals surface area contributed by atoms with Crippen LogP contribution in [0.15, 0.2) is 0 Å². The van der Waals surface area contributed by atoms with Gasteiger partial charge in [-0.1, -0.05) is 6.42 Å². The Hall–Kier alpha value is 1.11. The molecule has 1 N–H and O–H groups in total. The van der Waals surface area contributed by atoms with Crippen LogP contribution in [0.4, 0.5) is 0 Å². The second-order valence-electron chi connectivity index (χ2n) is 1.83. The maximum Gasteiger partial charge on any atom is 1.00 e. The molecule has 0 spiro atoms. The molecule has 0 bridgehead atoms. The molecule has 8 heavy (non-hydrogen) atoms. The second-order valence-corrected chi connectivity index (χ2v) is 3.05. The van der Waals surface area contributed by atoms with Gasteiger partial charge in [0.2, 0.25) is 0 Å². The minimum Gasteiger partial charge on any atom is -1.00 e. The van der Waals surface area contributed by atoms with Crippen molar-refractivity contribution in [2.45, 2.75) is 24.5 Å². The summed E-state index contributed by atoms with van der Waals surface area (Å²) >= 11 is -1.52. The zero-order chi connectivity index (χ0) is 5.28. The van der Waals surface area contributed by atoms with Gasteiger partial charge in [-0.05, 0) is 12.8 Å². The Morgan fingerprint density at radius 3 is 2.12 bits per heavy atom. The molecule has 1 aliphatic rings. The van der Waals surface area contributed by atoms with Crippen molar-refractivity contribution < 1.29 is 39.7 Å². The topological polar surface area (TPSA) is 37.3 Å². The van der Waals surface area contributed by atoms with E-state index in [2.05, 4.69) is 0 Å². The van der Waals surface area contributed by atoms with E-state index in [0.29, 0.717) is 0 Å². The summed E-state index contributed by atoms with van der Waals surface area (Å²) in [6.45, 7) is 0. The van der Waals surface area contributed by atoms with E-state index in [9.17, 15) is 4.21 Å². The first kappa shape index (κ1) is 9.11. The summed E-state index contributed by atoms with van der Waals surface area (Å²) < 4.78 is 18.4. The third-order valence-corrected chi connectivity index (χ3v) is 2.38. The van der Waals surface area contributed by atoms with E-state index < -0.39 is 11.1 Å². The molecular weight excluding hydrogens is 135 g/mol. The van der Waals surface area contributed by atoms with Crippen LogP contribution in [-0.4, -0.2) is 14.0 Å². The van der Waals surface area contributed by atoms with Crippen molar-refractivity contribution in [2.75, 3.05) is 0 Å². The van der Waals surface area contributed by atoms with E-state index in [0.717, 1.165) is 19.3 Å². The Morgan fingerprint density at radius 1 is 1.62 bits per heavy atom. The third-order valence-electron chi connectivity index (χ3n) is 1.34. The molecule has 2 nitrogen and oxygen atoms in total. The predicted octanol–water partition coefficient (Wildman–Crippen LogP) is -2.12. The molecule has 44 valence electrons. The number of hydrogen-bond acceptors (Lipinski definition) is 1. The summed E-state index contributed by atoms with van der Waals surface area (Å²) in [6, 6.07) is 0. The molecule has 1 unspecified atom stereocenters. The average Bonchev–Trinajstić information content (AvgIpc) is 1.23. The molecule has 0 aromatic rings. The van der Waals surface area contributed by atoms with E-state index in [1.54, 1.807) is 0 Å². The van der Waals surface area contributed by atoms with Crippen LogP contribution in [0.5, 0.6) is 0 Å². The van der Waals surface area contributed by atoms with E-state index in [1.807, 2.05) is 0 Å². The van der Waals surface area contributed by atoms with Crippen molar-refractivity contribution in [1.82, 2.24) is 0 Å². The molecule has 4 heteroatoms. The summed E-state index contributed by atoms with van der Waals surface area (Å²) in [6.07, 6.45) is 3.03. The van der Waals surface area contributed by atoms with E-state index >= 15 is 0 Å². The molecule has 1 fully saturated rings. The predicted molar refractivity (Wildman–Crippen MR) is 29.5 cm³/mol. The first-order valence-corrected chi connectivity index (χ1v) is 3.57. The van der Waals surface area contributed by atoms with Gasteiger partial charge in [-0.25, -0.2) is 4.21 Å². The van der Waals surface area contributed by atoms with E-state index in [4.69, 9.17) is 4.55 Å². The van der Waals surface area contributed by atoms with Crippen molar-refractivity contribution in [2.24, 2.45) is 0 Å². The van der Waals surface area contributed by atoms with Gasteiger partial charge in [0.1, 0.15) is 0 Å². The minimum atomic E-state index is -1.52. The van der Waals surface area contributed by atoms with Crippen molar-refractivity contribution in [3.05, 3.63) is 0 Å². The van der Waals surface area contributed by atoms with Crippen molar-refractivity contribution >= 4 is 11.1 Å². The largest absolute Gasteiger partial charge is 1.00 e. The first-order chi connectivity index (χ1) is 3.30. The molecule has 0 amide bonds. The van der Waals surface area contributed by atoms with Crippen LogP contribution < -0.4 is 29.6 Å². The first-order valence-electron chi connectivity index (χ1n) is 2.40. The molecule has 0 radical (unpaired) electrons. The summed E-state index contributed by atoms with van der Waals surface area (Å²) in [5.74, 6) is 0. The Morgan fingerprint density at radius 2 is 2.12 bits per heavy atom. The van der Waals surface area contributed by atoms with Crippen molar-refractivity contribution in [1.29, 1.82) is 0 Å². The Bertz CT molecular complexity index is 96.6. The monoisotopic (exact) mass is 144 g/mol. The fraction of sp³-hybridized carbons (Fsp3) is 1.00. The maximum atomic E-state index is 10.1. The summed E-state index contributed by atoms with van der Waals surface area (Å²) in [7, 11) is 0. The van der Waals surface area contributed by atoms with Crippen LogP contribution in [0.1, 0.15) is 20.7 Å². The van der Waals surface area contributed by atoms with Crippen LogP contribution in [0.3, 0.4) is 0 Å². The van der Waals surface area contributed by atoms with Crippen molar-refractivity contribution in [3.8, 4) is 0 Å². The smallest absolute Gasteiger partial charge is 1.00 e. The standard InChI is InChI=1S/C4H8O2S.Na.H/c5-7(6)4-2-1-3-4;;/h4H,1-3H2,(H,5,6);;/q;+1;-1. The minimum absolute atomic E-state index is 0. The molecule has 0 aliphatic heterocycles. The van der Waals surface area contributed by atoms with E-state index in [-0.39, 0.29) is 36.2 Å². The van der Waals surface area contributed by atoms with E-state index in [1.165, 1.54) is 0 Å². The molecule has 0 saturated heterocycles. The summed E-state index contributed by atoms with van der Waals surface area (Å²) in [5.41, 5.74) is 0. The number of rotatable bonds is 1. The van der Waals surface area contributed by atoms with Gasteiger partial charge in [0.15, 0.2) is 11.1 Å². The molecule has 1 aliphatic carbocycles. The molecule has 0 heterocycles. The summed E-state index contributed by atoms with van der Waals surface area (Å²) in [4.78, 5) is 0. The van der Waals surface area contributed by atoms with Gasteiger partial charge < -0.3 is 5.98 Å². The molecular formula is C4H9NaO2S.